The second kappa shape index (κ2) is 61.6. The summed E-state index contributed by atoms with van der Waals surface area (Å²) in [4.78, 5) is 69.1. The SMILES string of the molecule is CCC(O)(COc1ccc(C(F)(F)F)cc1)CSc1ccc(OC)c(C)c1.CCCOc1ccc(SCC(O)(CC)COc2ccc(C(F)(F)F)cc2)cc1C.CCCOc1ccc(SCC(O)(CC)COc2ccc(C(F)(F)F)cc2)cc1C.CCCOc1ccc(SCC2(COc3ccc(C(F)(F)F)cc3)CO2)cc1C.CCOCC.O=C=O.O=C=O.O=C=O.O=C=O. The van der Waals surface area contributed by atoms with Crippen LogP contribution in [0.5, 0.6) is 46.0 Å². The molecule has 0 aliphatic carbocycles. The van der Waals surface area contributed by atoms with Crippen molar-refractivity contribution in [1.82, 2.24) is 0 Å². The van der Waals surface area contributed by atoms with Gasteiger partial charge >= 0.3 is 49.3 Å². The molecule has 8 aromatic carbocycles. The number of halogens is 12. The number of methoxy groups -OCH3 is 1. The first-order valence-corrected chi connectivity index (χ1v) is 44.3. The maximum absolute atomic E-state index is 12.6. The van der Waals surface area contributed by atoms with E-state index < -0.39 is 69.4 Å². The van der Waals surface area contributed by atoms with Gasteiger partial charge in [0.2, 0.25) is 0 Å². The monoisotopic (exact) mass is 1920 g/mol. The lowest BCUT2D eigenvalue weighted by atomic mass is 10.1. The number of thioether (sulfide) groups is 4. The molecule has 9 rings (SSSR count). The first-order valence-electron chi connectivity index (χ1n) is 40.3. The molecule has 1 saturated heterocycles. The van der Waals surface area contributed by atoms with Crippen molar-refractivity contribution >= 4 is 71.7 Å². The van der Waals surface area contributed by atoms with Crippen LogP contribution in [0.25, 0.3) is 0 Å². The molecule has 0 radical (unpaired) electrons. The second-order valence-electron chi connectivity index (χ2n) is 28.2. The summed E-state index contributed by atoms with van der Waals surface area (Å²) in [5, 5.41) is 32.4. The molecule has 716 valence electrons. The van der Waals surface area contributed by atoms with Gasteiger partial charge in [-0.3, -0.25) is 0 Å². The van der Waals surface area contributed by atoms with Crippen LogP contribution >= 0.6 is 47.0 Å². The molecule has 3 N–H and O–H groups in total. The Hall–Kier alpha value is -9.96. The maximum Gasteiger partial charge on any atom is 0.416 e. The highest BCUT2D eigenvalue weighted by Crippen LogP contribution is 2.40. The summed E-state index contributed by atoms with van der Waals surface area (Å²) in [5.74, 6) is 6.60. The molecule has 1 fully saturated rings. The minimum absolute atomic E-state index is 0.00145. The van der Waals surface area contributed by atoms with Gasteiger partial charge in [0.1, 0.15) is 94.8 Å². The van der Waals surface area contributed by atoms with Crippen molar-refractivity contribution in [2.75, 3.05) is 96.2 Å². The minimum Gasteiger partial charge on any atom is -0.496 e. The van der Waals surface area contributed by atoms with Gasteiger partial charge in [-0.1, -0.05) is 41.5 Å². The van der Waals surface area contributed by atoms with Crippen molar-refractivity contribution in [2.24, 2.45) is 0 Å². The van der Waals surface area contributed by atoms with Crippen molar-refractivity contribution in [1.29, 1.82) is 0 Å². The van der Waals surface area contributed by atoms with Crippen LogP contribution in [0, 0.1) is 27.7 Å². The fourth-order valence-corrected chi connectivity index (χ4v) is 14.7. The normalized spacial score (nSPS) is 13.6. The number of epoxide rings is 1. The van der Waals surface area contributed by atoms with Crippen molar-refractivity contribution in [3.8, 4) is 46.0 Å². The third kappa shape index (κ3) is 47.7. The van der Waals surface area contributed by atoms with Gasteiger partial charge in [-0.15, -0.1) is 47.0 Å². The van der Waals surface area contributed by atoms with Crippen LogP contribution in [-0.4, -0.2) is 159 Å². The van der Waals surface area contributed by atoms with Gasteiger partial charge in [0.25, 0.3) is 0 Å². The van der Waals surface area contributed by atoms with Gasteiger partial charge < -0.3 is 62.7 Å². The molecule has 4 atom stereocenters. The molecule has 0 saturated carbocycles. The van der Waals surface area contributed by atoms with E-state index in [2.05, 4.69) is 26.8 Å². The fourth-order valence-electron chi connectivity index (χ4n) is 10.1. The number of aryl methyl sites for hydroxylation is 4. The Morgan fingerprint density at radius 3 is 0.769 bits per heavy atom. The number of benzene rings is 8. The van der Waals surface area contributed by atoms with Gasteiger partial charge in [-0.05, 0) is 272 Å². The zero-order valence-electron chi connectivity index (χ0n) is 74.2. The van der Waals surface area contributed by atoms with E-state index in [1.54, 1.807) is 18.9 Å². The number of carbonyl (C=O) groups excluding carboxylic acids is 8. The summed E-state index contributed by atoms with van der Waals surface area (Å²) >= 11 is 6.17. The van der Waals surface area contributed by atoms with Crippen LogP contribution in [-0.2, 0) is 72.5 Å². The van der Waals surface area contributed by atoms with E-state index in [1.165, 1.54) is 83.8 Å². The molecular formula is C93H110F12O21S4. The average Bonchev–Trinajstić information content (AvgIpc) is 1.66. The number of rotatable bonds is 39. The summed E-state index contributed by atoms with van der Waals surface area (Å²) in [5.41, 5.74) is -2.40. The lowest BCUT2D eigenvalue weighted by Crippen LogP contribution is -2.38. The van der Waals surface area contributed by atoms with E-state index in [1.807, 2.05) is 129 Å². The number of ether oxygens (including phenoxy) is 10. The molecule has 1 heterocycles. The Morgan fingerprint density at radius 1 is 0.346 bits per heavy atom. The first kappa shape index (κ1) is 118. The third-order valence-electron chi connectivity index (χ3n) is 17.9. The predicted octanol–water partition coefficient (Wildman–Crippen LogP) is 22.0. The Morgan fingerprint density at radius 2 is 0.577 bits per heavy atom. The molecular weight excluding hydrogens is 1810 g/mol. The molecule has 0 spiro atoms. The number of hydrogen-bond acceptors (Lipinski definition) is 25. The van der Waals surface area contributed by atoms with Crippen LogP contribution < -0.4 is 37.9 Å². The van der Waals surface area contributed by atoms with Crippen LogP contribution in [0.4, 0.5) is 52.7 Å². The molecule has 1 aliphatic rings. The largest absolute Gasteiger partial charge is 0.496 e. The van der Waals surface area contributed by atoms with E-state index in [9.17, 15) is 68.0 Å². The molecule has 4 unspecified atom stereocenters. The molecule has 8 aromatic rings. The minimum atomic E-state index is -4.38. The smallest absolute Gasteiger partial charge is 0.416 e. The van der Waals surface area contributed by atoms with Gasteiger partial charge in [-0.2, -0.15) is 91.0 Å². The van der Waals surface area contributed by atoms with E-state index in [0.717, 1.165) is 146 Å². The van der Waals surface area contributed by atoms with Crippen LogP contribution in [0.1, 0.15) is 138 Å². The molecule has 0 aromatic heterocycles. The molecule has 0 amide bonds. The molecule has 37 heteroatoms. The molecule has 21 nitrogen and oxygen atoms in total. The zero-order valence-corrected chi connectivity index (χ0v) is 77.4. The highest BCUT2D eigenvalue weighted by Gasteiger charge is 2.46. The van der Waals surface area contributed by atoms with Crippen molar-refractivity contribution in [3.63, 3.8) is 0 Å². The van der Waals surface area contributed by atoms with Crippen molar-refractivity contribution < 1.29 is 154 Å². The maximum atomic E-state index is 12.6. The van der Waals surface area contributed by atoms with Gasteiger partial charge in [0, 0.05) is 55.8 Å². The lowest BCUT2D eigenvalue weighted by molar-refractivity contribution is -0.193. The number of aliphatic hydroxyl groups is 3. The highest BCUT2D eigenvalue weighted by atomic mass is 32.2. The van der Waals surface area contributed by atoms with Crippen LogP contribution in [0.3, 0.4) is 0 Å². The second-order valence-corrected chi connectivity index (χ2v) is 32.4. The zero-order chi connectivity index (χ0) is 98.2. The fraction of sp³-hybridized carbons (Fsp3) is 0.441. The summed E-state index contributed by atoms with van der Waals surface area (Å²) in [7, 11) is 1.61. The Labute approximate surface area is 766 Å². The van der Waals surface area contributed by atoms with E-state index in [4.69, 9.17) is 85.7 Å². The van der Waals surface area contributed by atoms with Crippen molar-refractivity contribution in [2.45, 2.75) is 188 Å². The van der Waals surface area contributed by atoms with E-state index in [0.29, 0.717) is 98.3 Å². The summed E-state index contributed by atoms with van der Waals surface area (Å²) in [6, 6.07) is 41.8. The van der Waals surface area contributed by atoms with Gasteiger partial charge in [0.05, 0.1) is 55.8 Å². The summed E-state index contributed by atoms with van der Waals surface area (Å²) < 4.78 is 206. The van der Waals surface area contributed by atoms with E-state index >= 15 is 0 Å². The Balaban J connectivity index is 0.000000816. The first-order chi connectivity index (χ1) is 61.4. The summed E-state index contributed by atoms with van der Waals surface area (Å²) in [6.07, 6.45) is -12.3. The Kier molecular flexibility index (Phi) is 56.0. The van der Waals surface area contributed by atoms with Crippen LogP contribution in [0.2, 0.25) is 0 Å². The third-order valence-corrected chi connectivity index (χ3v) is 23.0. The quantitative estimate of drug-likeness (QED) is 0.0183. The van der Waals surface area contributed by atoms with Crippen molar-refractivity contribution in [3.05, 3.63) is 214 Å². The van der Waals surface area contributed by atoms with Crippen LogP contribution in [0.15, 0.2) is 189 Å². The molecule has 0 bridgehead atoms. The Bertz CT molecular complexity index is 4470. The summed E-state index contributed by atoms with van der Waals surface area (Å²) in [6.45, 7) is 28.2. The van der Waals surface area contributed by atoms with Gasteiger partial charge in [-0.25, -0.2) is 0 Å². The average molecular weight is 1920 g/mol. The topological polar surface area (TPSA) is 293 Å². The molecule has 1 aliphatic heterocycles. The van der Waals surface area contributed by atoms with Gasteiger partial charge in [0.15, 0.2) is 0 Å². The predicted molar refractivity (Wildman–Crippen MR) is 466 cm³/mol. The number of hydrogen-bond donors (Lipinski definition) is 3. The standard InChI is InChI=1S/2C22H27F3O3S.C21H23F3O3S.C20H23F3O3S.C4H10O.4CO2/c2*1-4-12-27-20-11-10-19(13-16(20)3)29-15-21(26,5-2)14-28-18-8-6-17(7-9-18)22(23,24)25;1-3-10-25-19-9-8-18(11-15(19)2)28-14-20(13-27-20)12-26-17-6-4-16(5-7-17)21(22,23)24;1-4-19(24,13-27-17-9-10-18(25-3)14(2)11-17)12-26-16-7-5-15(6-8-16)20(21,22)23;1-3-5-4-2;4*2-1-3/h2*6-11,13,26H,4-5,12,14-15H2,1-3H3;4-9,11H,3,10,12-14H2,1-2H3;5-11,24H,4,12-13H2,1-3H3;3-4H2,1-2H3;;;;. The number of alkyl halides is 12. The highest BCUT2D eigenvalue weighted by molar-refractivity contribution is 8.00. The molecule has 130 heavy (non-hydrogen) atoms. The van der Waals surface area contributed by atoms with E-state index in [-0.39, 0.29) is 44.4 Å². The lowest BCUT2D eigenvalue weighted by Gasteiger charge is -2.26.